The van der Waals surface area contributed by atoms with Gasteiger partial charge in [-0.2, -0.15) is 0 Å². The van der Waals surface area contributed by atoms with Gasteiger partial charge in [0, 0.05) is 29.2 Å². The molecule has 1 atom stereocenters. The fourth-order valence-electron chi connectivity index (χ4n) is 3.44. The van der Waals surface area contributed by atoms with Crippen molar-refractivity contribution < 1.29 is 14.3 Å². The summed E-state index contributed by atoms with van der Waals surface area (Å²) >= 11 is 6.19. The molecule has 1 aliphatic heterocycles. The van der Waals surface area contributed by atoms with E-state index in [-0.39, 0.29) is 18.2 Å². The van der Waals surface area contributed by atoms with Crippen LogP contribution in [0.25, 0.3) is 0 Å². The van der Waals surface area contributed by atoms with Crippen LogP contribution in [0.15, 0.2) is 78.9 Å². The number of halogens is 1. The smallest absolute Gasteiger partial charge is 0.243 e. The Morgan fingerprint density at radius 2 is 1.71 bits per heavy atom. The third-order valence-electron chi connectivity index (χ3n) is 5.11. The molecule has 2 amide bonds. The Bertz CT molecular complexity index is 1070. The Kier molecular flexibility index (Phi) is 6.38. The van der Waals surface area contributed by atoms with Gasteiger partial charge in [0.05, 0.1) is 11.6 Å². The van der Waals surface area contributed by atoms with Crippen LogP contribution in [0.3, 0.4) is 0 Å². The number of rotatable bonds is 7. The molecule has 4 rings (SSSR count). The van der Waals surface area contributed by atoms with Gasteiger partial charge in [0.1, 0.15) is 12.4 Å². The van der Waals surface area contributed by atoms with E-state index in [0.717, 1.165) is 11.3 Å². The zero-order chi connectivity index (χ0) is 21.6. The standard InChI is InChI=1S/C24H22ClN3O3/c25-20-11-5-4-8-17(20)16-31-22-13-7-6-12-21(22)26-27-24(30)18-14-23(29)28(15-18)19-9-2-1-3-10-19/h1-13,18,26H,14-16H2,(H,27,30)/t18-/m0/s1. The average molecular weight is 436 g/mol. The summed E-state index contributed by atoms with van der Waals surface area (Å²) in [5.41, 5.74) is 7.92. The second-order valence-electron chi connectivity index (χ2n) is 7.23. The minimum Gasteiger partial charge on any atom is -0.487 e. The van der Waals surface area contributed by atoms with Crippen molar-refractivity contribution in [2.45, 2.75) is 13.0 Å². The van der Waals surface area contributed by atoms with Crippen LogP contribution in [0.4, 0.5) is 11.4 Å². The van der Waals surface area contributed by atoms with Crippen LogP contribution in [0.5, 0.6) is 5.75 Å². The fraction of sp³-hybridized carbons (Fsp3) is 0.167. The molecule has 2 N–H and O–H groups in total. The second kappa shape index (κ2) is 9.53. The highest BCUT2D eigenvalue weighted by Crippen LogP contribution is 2.27. The van der Waals surface area contributed by atoms with Gasteiger partial charge in [-0.3, -0.25) is 20.4 Å². The molecular formula is C24H22ClN3O3. The van der Waals surface area contributed by atoms with Crippen molar-refractivity contribution in [1.29, 1.82) is 0 Å². The number of para-hydroxylation sites is 3. The molecule has 0 bridgehead atoms. The highest BCUT2D eigenvalue weighted by atomic mass is 35.5. The van der Waals surface area contributed by atoms with E-state index in [1.807, 2.05) is 72.8 Å². The van der Waals surface area contributed by atoms with E-state index in [2.05, 4.69) is 10.9 Å². The maximum absolute atomic E-state index is 12.7. The van der Waals surface area contributed by atoms with E-state index >= 15 is 0 Å². The minimum absolute atomic E-state index is 0.0603. The van der Waals surface area contributed by atoms with Crippen molar-refractivity contribution >= 4 is 34.8 Å². The molecule has 0 spiro atoms. The number of benzene rings is 3. The Labute approximate surface area is 185 Å². The molecule has 158 valence electrons. The summed E-state index contributed by atoms with van der Waals surface area (Å²) in [5, 5.41) is 0.634. The molecule has 0 aromatic heterocycles. The van der Waals surface area contributed by atoms with Crippen LogP contribution in [-0.4, -0.2) is 18.4 Å². The Morgan fingerprint density at radius 3 is 2.52 bits per heavy atom. The molecule has 6 nitrogen and oxygen atoms in total. The normalized spacial score (nSPS) is 15.6. The predicted octanol–water partition coefficient (Wildman–Crippen LogP) is 4.42. The Hall–Kier alpha value is -3.51. The largest absolute Gasteiger partial charge is 0.487 e. The van der Waals surface area contributed by atoms with Gasteiger partial charge in [-0.05, 0) is 30.3 Å². The van der Waals surface area contributed by atoms with Crippen LogP contribution in [0.1, 0.15) is 12.0 Å². The molecule has 7 heteroatoms. The number of nitrogens with one attached hydrogen (secondary N) is 2. The highest BCUT2D eigenvalue weighted by molar-refractivity contribution is 6.31. The molecule has 3 aromatic carbocycles. The summed E-state index contributed by atoms with van der Waals surface area (Å²) in [5.74, 6) is -0.157. The van der Waals surface area contributed by atoms with E-state index < -0.39 is 5.92 Å². The lowest BCUT2D eigenvalue weighted by Crippen LogP contribution is -2.36. The Morgan fingerprint density at radius 1 is 1.00 bits per heavy atom. The third-order valence-corrected chi connectivity index (χ3v) is 5.48. The van der Waals surface area contributed by atoms with Crippen molar-refractivity contribution in [2.75, 3.05) is 16.9 Å². The first-order valence-electron chi connectivity index (χ1n) is 9.98. The van der Waals surface area contributed by atoms with Crippen molar-refractivity contribution in [3.05, 3.63) is 89.4 Å². The van der Waals surface area contributed by atoms with Crippen molar-refractivity contribution in [3.8, 4) is 5.75 Å². The molecule has 1 fully saturated rings. The van der Waals surface area contributed by atoms with Gasteiger partial charge in [-0.25, -0.2) is 0 Å². The number of nitrogens with zero attached hydrogens (tertiary/aromatic N) is 1. The van der Waals surface area contributed by atoms with Crippen LogP contribution < -0.4 is 20.5 Å². The number of carbonyl (C=O) groups is 2. The lowest BCUT2D eigenvalue weighted by molar-refractivity contribution is -0.125. The topological polar surface area (TPSA) is 70.7 Å². The number of hydrogen-bond donors (Lipinski definition) is 2. The summed E-state index contributed by atoms with van der Waals surface area (Å²) in [6, 6.07) is 24.1. The summed E-state index contributed by atoms with van der Waals surface area (Å²) in [4.78, 5) is 26.7. The zero-order valence-corrected chi connectivity index (χ0v) is 17.5. The highest BCUT2D eigenvalue weighted by Gasteiger charge is 2.35. The predicted molar refractivity (Wildman–Crippen MR) is 121 cm³/mol. The van der Waals surface area contributed by atoms with E-state index in [9.17, 15) is 9.59 Å². The number of amides is 2. The second-order valence-corrected chi connectivity index (χ2v) is 7.64. The number of anilines is 2. The summed E-state index contributed by atoms with van der Waals surface area (Å²) < 4.78 is 5.89. The van der Waals surface area contributed by atoms with Gasteiger partial charge < -0.3 is 9.64 Å². The molecule has 31 heavy (non-hydrogen) atoms. The maximum atomic E-state index is 12.7. The van der Waals surface area contributed by atoms with Crippen LogP contribution in [0.2, 0.25) is 5.02 Å². The molecule has 1 saturated heterocycles. The first kappa shape index (κ1) is 20.8. The summed E-state index contributed by atoms with van der Waals surface area (Å²) in [6.07, 6.45) is 0.174. The lowest BCUT2D eigenvalue weighted by atomic mass is 10.1. The zero-order valence-electron chi connectivity index (χ0n) is 16.8. The third kappa shape index (κ3) is 4.98. The van der Waals surface area contributed by atoms with Gasteiger partial charge in [0.15, 0.2) is 0 Å². The summed E-state index contributed by atoms with van der Waals surface area (Å²) in [6.45, 7) is 0.649. The molecule has 0 radical (unpaired) electrons. The van der Waals surface area contributed by atoms with E-state index in [1.165, 1.54) is 0 Å². The average Bonchev–Trinajstić information content (AvgIpc) is 3.20. The summed E-state index contributed by atoms with van der Waals surface area (Å²) in [7, 11) is 0. The van der Waals surface area contributed by atoms with Gasteiger partial charge >= 0.3 is 0 Å². The molecular weight excluding hydrogens is 414 g/mol. The quantitative estimate of drug-likeness (QED) is 0.539. The monoisotopic (exact) mass is 435 g/mol. The number of hydrogen-bond acceptors (Lipinski definition) is 4. The van der Waals surface area contributed by atoms with Crippen molar-refractivity contribution in [3.63, 3.8) is 0 Å². The molecule has 3 aromatic rings. The van der Waals surface area contributed by atoms with Gasteiger partial charge in [0.2, 0.25) is 11.8 Å². The number of hydrazine groups is 1. The van der Waals surface area contributed by atoms with E-state index in [0.29, 0.717) is 29.6 Å². The Balaban J connectivity index is 1.36. The van der Waals surface area contributed by atoms with Gasteiger partial charge in [0.25, 0.3) is 0 Å². The lowest BCUT2D eigenvalue weighted by Gasteiger charge is -2.17. The molecule has 0 unspecified atom stereocenters. The fourth-order valence-corrected chi connectivity index (χ4v) is 3.63. The van der Waals surface area contributed by atoms with Crippen molar-refractivity contribution in [1.82, 2.24) is 5.43 Å². The molecule has 1 aliphatic rings. The first-order chi connectivity index (χ1) is 15.1. The number of ether oxygens (including phenoxy) is 1. The van der Waals surface area contributed by atoms with Gasteiger partial charge in [-0.15, -0.1) is 0 Å². The first-order valence-corrected chi connectivity index (χ1v) is 10.4. The molecule has 0 aliphatic carbocycles. The maximum Gasteiger partial charge on any atom is 0.243 e. The van der Waals surface area contributed by atoms with Gasteiger partial charge in [-0.1, -0.05) is 60.1 Å². The van der Waals surface area contributed by atoms with Crippen LogP contribution in [0, 0.1) is 5.92 Å². The van der Waals surface area contributed by atoms with E-state index in [1.54, 1.807) is 11.0 Å². The molecule has 0 saturated carbocycles. The minimum atomic E-state index is -0.434. The van der Waals surface area contributed by atoms with Crippen LogP contribution in [-0.2, 0) is 16.2 Å². The van der Waals surface area contributed by atoms with E-state index in [4.69, 9.17) is 16.3 Å². The van der Waals surface area contributed by atoms with Crippen molar-refractivity contribution in [2.24, 2.45) is 5.92 Å². The molecule has 1 heterocycles. The SMILES string of the molecule is O=C(NNc1ccccc1OCc1ccccc1Cl)[C@H]1CC(=O)N(c2ccccc2)C1. The number of carbonyl (C=O) groups excluding carboxylic acids is 2. The van der Waals surface area contributed by atoms with Crippen LogP contribution >= 0.6 is 11.6 Å².